The van der Waals surface area contributed by atoms with Gasteiger partial charge in [-0.05, 0) is 67.4 Å². The Morgan fingerprint density at radius 2 is 2.02 bits per heavy atom. The molecule has 40 heavy (non-hydrogen) atoms. The van der Waals surface area contributed by atoms with E-state index in [2.05, 4.69) is 27.6 Å². The van der Waals surface area contributed by atoms with Crippen LogP contribution in [0, 0.1) is 0 Å². The number of para-hydroxylation sites is 1. The summed E-state index contributed by atoms with van der Waals surface area (Å²) in [6.45, 7) is 5.22. The van der Waals surface area contributed by atoms with E-state index >= 15 is 0 Å². The lowest BCUT2D eigenvalue weighted by Crippen LogP contribution is -2.23. The van der Waals surface area contributed by atoms with Gasteiger partial charge in [0.1, 0.15) is 5.58 Å². The first-order valence-electron chi connectivity index (χ1n) is 12.3. The molecule has 1 atom stereocenters. The number of halogens is 1. The Labute approximate surface area is 237 Å². The van der Waals surface area contributed by atoms with Crippen molar-refractivity contribution >= 4 is 50.0 Å². The maximum atomic E-state index is 13.6. The number of aromatic nitrogens is 2. The first-order chi connectivity index (χ1) is 19.3. The van der Waals surface area contributed by atoms with Crippen LogP contribution in [0.15, 0.2) is 92.1 Å². The van der Waals surface area contributed by atoms with Gasteiger partial charge in [0.15, 0.2) is 23.4 Å². The summed E-state index contributed by atoms with van der Waals surface area (Å²) in [7, 11) is 1.46. The van der Waals surface area contributed by atoms with E-state index in [-0.39, 0.29) is 11.4 Å². The number of aliphatic carboxylic acids is 1. The lowest BCUT2D eigenvalue weighted by atomic mass is 10.1. The summed E-state index contributed by atoms with van der Waals surface area (Å²) in [6, 6.07) is 17.9. The predicted octanol–water partition coefficient (Wildman–Crippen LogP) is 6.04. The van der Waals surface area contributed by atoms with Crippen LogP contribution in [0.1, 0.15) is 18.1 Å². The molecule has 5 rings (SSSR count). The Morgan fingerprint density at radius 1 is 1.23 bits per heavy atom. The summed E-state index contributed by atoms with van der Waals surface area (Å²) in [5.41, 5.74) is 2.02. The van der Waals surface area contributed by atoms with Crippen molar-refractivity contribution < 1.29 is 23.8 Å². The number of nitrogens with zero attached hydrogens (tertiary/aromatic N) is 3. The Balaban J connectivity index is 1.65. The van der Waals surface area contributed by atoms with Crippen molar-refractivity contribution in [3.63, 3.8) is 0 Å². The van der Waals surface area contributed by atoms with Crippen molar-refractivity contribution in [1.82, 2.24) is 9.66 Å². The average Bonchev–Trinajstić information content (AvgIpc) is 3.36. The third kappa shape index (κ3) is 5.26. The van der Waals surface area contributed by atoms with E-state index in [9.17, 15) is 14.7 Å². The van der Waals surface area contributed by atoms with E-state index in [4.69, 9.17) is 18.9 Å². The van der Waals surface area contributed by atoms with Crippen molar-refractivity contribution in [2.75, 3.05) is 7.11 Å². The average molecular weight is 602 g/mol. The molecule has 3 aromatic carbocycles. The second-order valence-corrected chi connectivity index (χ2v) is 9.83. The molecule has 2 heterocycles. The van der Waals surface area contributed by atoms with Gasteiger partial charge in [0.2, 0.25) is 5.82 Å². The number of carbonyl (C=O) groups is 1. The fourth-order valence-corrected chi connectivity index (χ4v) is 4.60. The summed E-state index contributed by atoms with van der Waals surface area (Å²) < 4.78 is 19.3. The molecule has 0 saturated heterocycles. The zero-order valence-electron chi connectivity index (χ0n) is 21.6. The number of fused-ring (bicyclic) bond motifs is 2. The minimum atomic E-state index is -1.11. The number of allylic oxidation sites excluding steroid dienone is 1. The van der Waals surface area contributed by atoms with Gasteiger partial charge in [0.25, 0.3) is 5.56 Å². The Kier molecular flexibility index (Phi) is 7.52. The van der Waals surface area contributed by atoms with Crippen LogP contribution in [0.3, 0.4) is 0 Å². The van der Waals surface area contributed by atoms with Gasteiger partial charge in [-0.3, -0.25) is 4.79 Å². The lowest BCUT2D eigenvalue weighted by Gasteiger charge is -2.18. The lowest BCUT2D eigenvalue weighted by molar-refractivity contribution is -0.144. The number of hydrogen-bond acceptors (Lipinski definition) is 7. The van der Waals surface area contributed by atoms with Crippen LogP contribution in [0.5, 0.6) is 11.5 Å². The van der Waals surface area contributed by atoms with Gasteiger partial charge in [-0.2, -0.15) is 9.78 Å². The third-order valence-corrected chi connectivity index (χ3v) is 6.65. The number of ether oxygens (including phenoxy) is 2. The van der Waals surface area contributed by atoms with E-state index in [1.54, 1.807) is 36.4 Å². The standard InChI is InChI=1S/C30H24BrN3O6/c1-4-7-19-12-18(13-25(38-3)27(19)39-17(2)30(36)37)16-32-34-28(33-23-9-6-5-8-22(23)29(34)35)26-15-20-14-21(31)10-11-24(20)40-26/h4-6,8-17H,1,7H2,2-3H3,(H,36,37)/t17-/m0/s1. The van der Waals surface area contributed by atoms with E-state index < -0.39 is 12.1 Å². The Bertz CT molecular complexity index is 1860. The van der Waals surface area contributed by atoms with Crippen LogP contribution in [-0.4, -0.2) is 40.2 Å². The zero-order valence-corrected chi connectivity index (χ0v) is 23.2. The minimum Gasteiger partial charge on any atom is -0.493 e. The SMILES string of the molecule is C=CCc1cc(C=Nn2c(-c3cc4cc(Br)ccc4o3)nc3ccccc3c2=O)cc(OC)c1O[C@@H](C)C(=O)O. The monoisotopic (exact) mass is 601 g/mol. The summed E-state index contributed by atoms with van der Waals surface area (Å²) >= 11 is 3.47. The zero-order chi connectivity index (χ0) is 28.4. The molecule has 0 aliphatic heterocycles. The highest BCUT2D eigenvalue weighted by Gasteiger charge is 2.20. The first-order valence-corrected chi connectivity index (χ1v) is 13.0. The van der Waals surface area contributed by atoms with Gasteiger partial charge >= 0.3 is 5.97 Å². The fraction of sp³-hybridized carbons (Fsp3) is 0.133. The highest BCUT2D eigenvalue weighted by Crippen LogP contribution is 2.34. The quantitative estimate of drug-likeness (QED) is 0.162. The summed E-state index contributed by atoms with van der Waals surface area (Å²) in [5, 5.41) is 15.1. The van der Waals surface area contributed by atoms with Crippen LogP contribution in [0.4, 0.5) is 0 Å². The second kappa shape index (κ2) is 11.2. The highest BCUT2D eigenvalue weighted by molar-refractivity contribution is 9.10. The van der Waals surface area contributed by atoms with Crippen LogP contribution >= 0.6 is 15.9 Å². The number of methoxy groups -OCH3 is 1. The third-order valence-electron chi connectivity index (χ3n) is 6.16. The maximum Gasteiger partial charge on any atom is 0.344 e. The molecule has 0 bridgehead atoms. The minimum absolute atomic E-state index is 0.237. The molecule has 0 amide bonds. The van der Waals surface area contributed by atoms with Crippen molar-refractivity contribution in [2.45, 2.75) is 19.4 Å². The normalized spacial score (nSPS) is 12.2. The Morgan fingerprint density at radius 3 is 2.77 bits per heavy atom. The summed E-state index contributed by atoms with van der Waals surface area (Å²) in [6.07, 6.45) is 2.46. The molecule has 0 fully saturated rings. The molecule has 9 nitrogen and oxygen atoms in total. The van der Waals surface area contributed by atoms with Crippen molar-refractivity contribution in [3.8, 4) is 23.1 Å². The number of carboxylic acid groups (broad SMARTS) is 1. The molecule has 2 aromatic heterocycles. The second-order valence-electron chi connectivity index (χ2n) is 8.91. The smallest absolute Gasteiger partial charge is 0.344 e. The van der Waals surface area contributed by atoms with Gasteiger partial charge in [-0.15, -0.1) is 6.58 Å². The fourth-order valence-electron chi connectivity index (χ4n) is 4.22. The largest absolute Gasteiger partial charge is 0.493 e. The van der Waals surface area contributed by atoms with E-state index in [1.165, 1.54) is 24.9 Å². The molecule has 202 valence electrons. The van der Waals surface area contributed by atoms with Crippen molar-refractivity contribution in [3.05, 3.63) is 99.3 Å². The molecule has 5 aromatic rings. The number of benzene rings is 3. The molecule has 10 heteroatoms. The van der Waals surface area contributed by atoms with Gasteiger partial charge in [0, 0.05) is 15.4 Å². The molecule has 0 spiro atoms. The highest BCUT2D eigenvalue weighted by atomic mass is 79.9. The number of carboxylic acids is 1. The van der Waals surface area contributed by atoms with Crippen molar-refractivity contribution in [2.24, 2.45) is 5.10 Å². The van der Waals surface area contributed by atoms with Crippen LogP contribution in [0.2, 0.25) is 0 Å². The van der Waals surface area contributed by atoms with Crippen LogP contribution in [0.25, 0.3) is 33.5 Å². The molecule has 0 unspecified atom stereocenters. The Hall–Kier alpha value is -4.70. The maximum absolute atomic E-state index is 13.6. The molecular weight excluding hydrogens is 578 g/mol. The van der Waals surface area contributed by atoms with Crippen molar-refractivity contribution in [1.29, 1.82) is 0 Å². The van der Waals surface area contributed by atoms with E-state index in [1.807, 2.05) is 30.3 Å². The van der Waals surface area contributed by atoms with Crippen LogP contribution < -0.4 is 15.0 Å². The van der Waals surface area contributed by atoms with E-state index in [0.29, 0.717) is 51.3 Å². The van der Waals surface area contributed by atoms with Gasteiger partial charge < -0.3 is 19.0 Å². The first kappa shape index (κ1) is 26.9. The summed E-state index contributed by atoms with van der Waals surface area (Å²) in [5.74, 6) is 0.130. The number of rotatable bonds is 9. The van der Waals surface area contributed by atoms with Gasteiger partial charge in [-0.25, -0.2) is 9.78 Å². The predicted molar refractivity (Wildman–Crippen MR) is 157 cm³/mol. The topological polar surface area (TPSA) is 116 Å². The van der Waals surface area contributed by atoms with Gasteiger partial charge in [-0.1, -0.05) is 34.1 Å². The van der Waals surface area contributed by atoms with Crippen LogP contribution in [-0.2, 0) is 11.2 Å². The molecule has 0 saturated carbocycles. The molecule has 0 aliphatic carbocycles. The molecule has 1 N–H and O–H groups in total. The number of hydrogen-bond donors (Lipinski definition) is 1. The number of furan rings is 1. The van der Waals surface area contributed by atoms with Gasteiger partial charge in [0.05, 0.1) is 24.2 Å². The molecular formula is C30H24BrN3O6. The molecule has 0 radical (unpaired) electrons. The van der Waals surface area contributed by atoms with E-state index in [0.717, 1.165) is 9.86 Å². The molecule has 0 aliphatic rings. The summed E-state index contributed by atoms with van der Waals surface area (Å²) in [4.78, 5) is 29.7.